The van der Waals surface area contributed by atoms with Crippen LogP contribution in [0.2, 0.25) is 0 Å². The van der Waals surface area contributed by atoms with Crippen molar-refractivity contribution in [3.05, 3.63) is 0 Å². The van der Waals surface area contributed by atoms with Crippen LogP contribution in [0.1, 0.15) is 0 Å². The van der Waals surface area contributed by atoms with E-state index >= 15 is 0 Å². The first kappa shape index (κ1) is 18.9. The maximum Gasteiger partial charge on any atom is 0.186 e. The summed E-state index contributed by atoms with van der Waals surface area (Å²) in [6.07, 6.45) is -15.3. The minimum atomic E-state index is -1.74. The molecule has 11 nitrogen and oxygen atoms in total. The van der Waals surface area contributed by atoms with Gasteiger partial charge < -0.3 is 55.1 Å². The molecule has 2 saturated heterocycles. The highest BCUT2D eigenvalue weighted by atomic mass is 16.7. The van der Waals surface area contributed by atoms with Crippen LogP contribution in [-0.4, -0.2) is 115 Å². The summed E-state index contributed by atoms with van der Waals surface area (Å²) in [6.45, 7) is -1.10. The van der Waals surface area contributed by atoms with Gasteiger partial charge in [-0.1, -0.05) is 0 Å². The van der Waals surface area contributed by atoms with Crippen molar-refractivity contribution in [3.8, 4) is 0 Å². The Kier molecular flexibility index (Phi) is 6.27. The first-order valence-electron chi connectivity index (χ1n) is 7.07. The Labute approximate surface area is 130 Å². The van der Waals surface area contributed by atoms with Gasteiger partial charge in [0.2, 0.25) is 0 Å². The van der Waals surface area contributed by atoms with Gasteiger partial charge in [0, 0.05) is 0 Å². The van der Waals surface area contributed by atoms with Gasteiger partial charge in [-0.05, 0) is 0 Å². The highest BCUT2D eigenvalue weighted by Crippen LogP contribution is 2.24. The van der Waals surface area contributed by atoms with Crippen LogP contribution in [0.25, 0.3) is 0 Å². The van der Waals surface area contributed by atoms with Gasteiger partial charge in [-0.2, -0.15) is 0 Å². The van der Waals surface area contributed by atoms with Crippen molar-refractivity contribution in [3.63, 3.8) is 0 Å². The Morgan fingerprint density at radius 2 is 1.22 bits per heavy atom. The number of hydrogen-bond acceptors (Lipinski definition) is 11. The summed E-state index contributed by atoms with van der Waals surface area (Å²) in [5.74, 6) is 0. The molecule has 2 heterocycles. The minimum absolute atomic E-state index is 0.468. The molecule has 2 fully saturated rings. The van der Waals surface area contributed by atoms with Crippen LogP contribution in [0.3, 0.4) is 0 Å². The lowest BCUT2D eigenvalue weighted by atomic mass is 9.98. The largest absolute Gasteiger partial charge is 0.394 e. The fraction of sp³-hybridized carbons (Fsp3) is 1.00. The molecule has 0 aromatic heterocycles. The highest BCUT2D eigenvalue weighted by Gasteiger charge is 2.46. The lowest BCUT2D eigenvalue weighted by Gasteiger charge is -2.41. The minimum Gasteiger partial charge on any atom is -0.394 e. The fourth-order valence-electron chi connectivity index (χ4n) is 2.46. The summed E-state index contributed by atoms with van der Waals surface area (Å²) in [5.41, 5.74) is 0. The molecule has 0 amide bonds. The van der Waals surface area contributed by atoms with Gasteiger partial charge >= 0.3 is 0 Å². The summed E-state index contributed by atoms with van der Waals surface area (Å²) >= 11 is 0. The normalized spacial score (nSPS) is 51.7. The topological polar surface area (TPSA) is 190 Å². The molecule has 0 saturated carbocycles. The zero-order valence-electron chi connectivity index (χ0n) is 12.0. The molecule has 0 aromatic carbocycles. The van der Waals surface area contributed by atoms with E-state index in [-0.39, 0.29) is 0 Å². The van der Waals surface area contributed by atoms with Crippen LogP contribution >= 0.6 is 0 Å². The molecule has 11 heteroatoms. The molecule has 2 aliphatic heterocycles. The summed E-state index contributed by atoms with van der Waals surface area (Å²) in [6, 6.07) is 0. The highest BCUT2D eigenvalue weighted by molar-refractivity contribution is 4.91. The van der Waals surface area contributed by atoms with Crippen LogP contribution in [0.15, 0.2) is 0 Å². The van der Waals surface area contributed by atoms with Gasteiger partial charge in [0.1, 0.15) is 48.8 Å². The van der Waals surface area contributed by atoms with E-state index in [0.717, 1.165) is 0 Å². The average Bonchev–Trinajstić information content (AvgIpc) is 2.54. The number of ether oxygens (including phenoxy) is 3. The molecule has 23 heavy (non-hydrogen) atoms. The van der Waals surface area contributed by atoms with E-state index in [0.29, 0.717) is 0 Å². The predicted octanol–water partition coefficient (Wildman–Crippen LogP) is -5.40. The molecule has 8 N–H and O–H groups in total. The van der Waals surface area contributed by atoms with Gasteiger partial charge in [0.25, 0.3) is 0 Å². The molecule has 136 valence electrons. The molecular formula is C12H22O11. The van der Waals surface area contributed by atoms with Crippen molar-refractivity contribution in [2.24, 2.45) is 0 Å². The van der Waals surface area contributed by atoms with Crippen LogP contribution in [0, 0.1) is 0 Å². The summed E-state index contributed by atoms with van der Waals surface area (Å²) in [7, 11) is 0. The molecule has 10 atom stereocenters. The first-order chi connectivity index (χ1) is 10.8. The molecule has 1 unspecified atom stereocenters. The Hall–Kier alpha value is -0.440. The van der Waals surface area contributed by atoms with Gasteiger partial charge in [-0.3, -0.25) is 0 Å². The number of hydrogen-bond donors (Lipinski definition) is 8. The SMILES string of the molecule is OC[C@H]1O[C@H](OC[C@H]2OC(O)[C@H](O)[C@@H](O)[C@H]2O)[C@@H](O)[C@@H](O)[C@@H]1O. The molecule has 0 radical (unpaired) electrons. The molecule has 0 aromatic rings. The van der Waals surface area contributed by atoms with Crippen LogP contribution < -0.4 is 0 Å². The number of rotatable bonds is 4. The van der Waals surface area contributed by atoms with Crippen LogP contribution in [0.5, 0.6) is 0 Å². The first-order valence-corrected chi connectivity index (χ1v) is 7.07. The lowest BCUT2D eigenvalue weighted by Crippen LogP contribution is -2.61. The number of aliphatic hydroxyl groups is 8. The Morgan fingerprint density at radius 3 is 1.83 bits per heavy atom. The van der Waals surface area contributed by atoms with Crippen LogP contribution in [0.4, 0.5) is 0 Å². The molecular weight excluding hydrogens is 320 g/mol. The Balaban J connectivity index is 1.94. The van der Waals surface area contributed by atoms with E-state index in [1.54, 1.807) is 0 Å². The quantitative estimate of drug-likeness (QED) is 0.243. The van der Waals surface area contributed by atoms with Crippen molar-refractivity contribution in [2.75, 3.05) is 13.2 Å². The third-order valence-electron chi connectivity index (χ3n) is 3.96. The molecule has 0 aliphatic carbocycles. The third-order valence-corrected chi connectivity index (χ3v) is 3.96. The van der Waals surface area contributed by atoms with Crippen molar-refractivity contribution >= 4 is 0 Å². The Morgan fingerprint density at radius 1 is 0.652 bits per heavy atom. The molecule has 0 spiro atoms. The third kappa shape index (κ3) is 3.81. The average molecular weight is 342 g/mol. The molecule has 2 rings (SSSR count). The van der Waals surface area contributed by atoms with E-state index in [9.17, 15) is 35.7 Å². The predicted molar refractivity (Wildman–Crippen MR) is 68.6 cm³/mol. The molecule has 2 aliphatic rings. The van der Waals surface area contributed by atoms with E-state index in [2.05, 4.69) is 0 Å². The van der Waals surface area contributed by atoms with E-state index < -0.39 is 74.6 Å². The zero-order chi connectivity index (χ0) is 17.3. The van der Waals surface area contributed by atoms with Gasteiger partial charge in [0.15, 0.2) is 12.6 Å². The standard InChI is InChI=1S/C12H22O11/c13-1-3-5(14)8(17)10(19)12(23-3)21-2-4-6(15)7(16)9(18)11(20)22-4/h3-20H,1-2H2/t3-,4-,5-,6+,7+,8+,9-,10+,11?,12+/m1/s1. The van der Waals surface area contributed by atoms with Crippen LogP contribution in [-0.2, 0) is 14.2 Å². The zero-order valence-corrected chi connectivity index (χ0v) is 12.0. The second kappa shape index (κ2) is 7.63. The Bertz CT molecular complexity index is 380. The maximum absolute atomic E-state index is 9.78. The molecule has 0 bridgehead atoms. The van der Waals surface area contributed by atoms with Gasteiger partial charge in [-0.25, -0.2) is 0 Å². The van der Waals surface area contributed by atoms with Crippen molar-refractivity contribution in [2.45, 2.75) is 61.4 Å². The monoisotopic (exact) mass is 342 g/mol. The fourth-order valence-corrected chi connectivity index (χ4v) is 2.46. The lowest BCUT2D eigenvalue weighted by molar-refractivity contribution is -0.325. The van der Waals surface area contributed by atoms with Crippen molar-refractivity contribution in [1.82, 2.24) is 0 Å². The van der Waals surface area contributed by atoms with E-state index in [4.69, 9.17) is 19.3 Å². The van der Waals surface area contributed by atoms with Crippen molar-refractivity contribution in [1.29, 1.82) is 0 Å². The maximum atomic E-state index is 9.78. The second-order valence-corrected chi connectivity index (χ2v) is 5.57. The summed E-state index contributed by atoms with van der Waals surface area (Å²) < 4.78 is 15.1. The van der Waals surface area contributed by atoms with E-state index in [1.807, 2.05) is 0 Å². The smallest absolute Gasteiger partial charge is 0.186 e. The summed E-state index contributed by atoms with van der Waals surface area (Å²) in [5, 5.41) is 76.1. The van der Waals surface area contributed by atoms with E-state index in [1.165, 1.54) is 0 Å². The van der Waals surface area contributed by atoms with Gasteiger partial charge in [0.05, 0.1) is 13.2 Å². The van der Waals surface area contributed by atoms with Gasteiger partial charge in [-0.15, -0.1) is 0 Å². The second-order valence-electron chi connectivity index (χ2n) is 5.57. The summed E-state index contributed by atoms with van der Waals surface area (Å²) in [4.78, 5) is 0. The number of aliphatic hydroxyl groups excluding tert-OH is 8. The van der Waals surface area contributed by atoms with Crippen molar-refractivity contribution < 1.29 is 55.1 Å².